The van der Waals surface area contributed by atoms with Gasteiger partial charge in [-0.25, -0.2) is 22.4 Å². The van der Waals surface area contributed by atoms with Gasteiger partial charge in [0.15, 0.2) is 23.3 Å². The highest BCUT2D eigenvalue weighted by atomic mass is 28.4. The van der Waals surface area contributed by atoms with Gasteiger partial charge in [0, 0.05) is 26.2 Å². The van der Waals surface area contributed by atoms with Crippen molar-refractivity contribution in [1.82, 2.24) is 0 Å². The van der Waals surface area contributed by atoms with E-state index in [4.69, 9.17) is 23.2 Å². The van der Waals surface area contributed by atoms with Crippen LogP contribution in [0.1, 0.15) is 10.4 Å². The van der Waals surface area contributed by atoms with Gasteiger partial charge >= 0.3 is 15.0 Å². The minimum Gasteiger partial charge on any atom is -0.460 e. The Bertz CT molecular complexity index is 690. The molecular formula is C12H13F4N3O6Si. The number of rotatable bonds is 9. The van der Waals surface area contributed by atoms with Crippen molar-refractivity contribution < 1.29 is 44.8 Å². The fourth-order valence-corrected chi connectivity index (χ4v) is 2.92. The zero-order valence-corrected chi connectivity index (χ0v) is 14.7. The summed E-state index contributed by atoms with van der Waals surface area (Å²) in [6, 6.07) is 0. The zero-order chi connectivity index (χ0) is 19.9. The Morgan fingerprint density at radius 1 is 1.00 bits per heavy atom. The predicted molar refractivity (Wildman–Crippen MR) is 78.1 cm³/mol. The number of hydrogen-bond acceptors (Lipinski definition) is 7. The molecule has 1 aromatic rings. The average Bonchev–Trinajstić information content (AvgIpc) is 2.64. The van der Waals surface area contributed by atoms with Gasteiger partial charge in [-0.15, -0.1) is 0 Å². The fourth-order valence-electron chi connectivity index (χ4n) is 1.73. The molecule has 0 fully saturated rings. The van der Waals surface area contributed by atoms with E-state index < -0.39 is 56.1 Å². The molecular weight excluding hydrogens is 386 g/mol. The maximum Gasteiger partial charge on any atom is 0.679 e. The molecule has 0 spiro atoms. The minimum absolute atomic E-state index is 0.363. The fraction of sp³-hybridized carbons (Fsp3) is 0.417. The van der Waals surface area contributed by atoms with Crippen molar-refractivity contribution in [1.29, 1.82) is 0 Å². The van der Waals surface area contributed by atoms with Gasteiger partial charge in [0.2, 0.25) is 0 Å². The van der Waals surface area contributed by atoms with E-state index in [1.54, 1.807) is 0 Å². The van der Waals surface area contributed by atoms with E-state index in [2.05, 4.69) is 9.85 Å². The maximum absolute atomic E-state index is 13.8. The molecule has 1 aromatic carbocycles. The van der Waals surface area contributed by atoms with Gasteiger partial charge in [-0.05, 0) is 5.53 Å². The molecule has 0 aromatic heterocycles. The van der Waals surface area contributed by atoms with Crippen molar-refractivity contribution in [3.63, 3.8) is 0 Å². The van der Waals surface area contributed by atoms with Crippen LogP contribution in [0.5, 0.6) is 0 Å². The standard InChI is InChI=1S/C12H13F4N3O6Si/c1-21-26(22-2,23-3)25-5-4-24-12(20)6-7(13)9(15)11(18-19-17)10(16)8(6)14/h4-5H2,1-3H3. The Morgan fingerprint density at radius 2 is 1.50 bits per heavy atom. The zero-order valence-electron chi connectivity index (χ0n) is 13.7. The number of nitrogens with zero attached hydrogens (tertiary/aromatic N) is 3. The second-order valence-electron chi connectivity index (χ2n) is 4.27. The first-order valence-corrected chi connectivity index (χ1v) is 8.29. The van der Waals surface area contributed by atoms with Crippen LogP contribution >= 0.6 is 0 Å². The monoisotopic (exact) mass is 399 g/mol. The SMILES string of the molecule is CO[Si](OC)(OC)OCCOC(=O)c1c(F)c(F)c(N=[N+]=[N-])c(F)c1F. The lowest BCUT2D eigenvalue weighted by Crippen LogP contribution is -2.47. The Hall–Kier alpha value is -2.22. The van der Waals surface area contributed by atoms with Gasteiger partial charge in [0.1, 0.15) is 17.9 Å². The summed E-state index contributed by atoms with van der Waals surface area (Å²) >= 11 is 0. The summed E-state index contributed by atoms with van der Waals surface area (Å²) in [5.74, 6) is -9.89. The van der Waals surface area contributed by atoms with Gasteiger partial charge in [0.25, 0.3) is 0 Å². The molecule has 0 aliphatic heterocycles. The molecule has 14 heteroatoms. The van der Waals surface area contributed by atoms with Crippen LogP contribution in [0.15, 0.2) is 5.11 Å². The number of carbonyl (C=O) groups is 1. The van der Waals surface area contributed by atoms with Crippen LogP contribution in [-0.4, -0.2) is 49.6 Å². The first-order valence-electron chi connectivity index (χ1n) is 6.66. The number of benzene rings is 1. The van der Waals surface area contributed by atoms with Crippen LogP contribution in [-0.2, 0) is 22.4 Å². The van der Waals surface area contributed by atoms with Crippen molar-refractivity contribution in [2.24, 2.45) is 5.11 Å². The molecule has 0 aliphatic rings. The first kappa shape index (κ1) is 21.8. The van der Waals surface area contributed by atoms with Crippen LogP contribution in [0, 0.1) is 23.3 Å². The van der Waals surface area contributed by atoms with Crippen LogP contribution in [0.25, 0.3) is 10.4 Å². The quantitative estimate of drug-likeness (QED) is 0.0922. The number of hydrogen-bond donors (Lipinski definition) is 0. The molecule has 0 amide bonds. The molecule has 0 N–H and O–H groups in total. The van der Waals surface area contributed by atoms with E-state index in [9.17, 15) is 22.4 Å². The van der Waals surface area contributed by atoms with Gasteiger partial charge in [0.05, 0.1) is 6.61 Å². The number of azide groups is 1. The molecule has 0 unspecified atom stereocenters. The van der Waals surface area contributed by atoms with E-state index in [0.29, 0.717) is 0 Å². The summed E-state index contributed by atoms with van der Waals surface area (Å²) in [6.45, 7) is -0.928. The second-order valence-corrected chi connectivity index (χ2v) is 6.78. The predicted octanol–water partition coefficient (Wildman–Crippen LogP) is 2.73. The summed E-state index contributed by atoms with van der Waals surface area (Å²) in [6.07, 6.45) is 0. The van der Waals surface area contributed by atoms with Crippen LogP contribution in [0.4, 0.5) is 23.2 Å². The van der Waals surface area contributed by atoms with Crippen molar-refractivity contribution in [3.05, 3.63) is 39.3 Å². The summed E-state index contributed by atoms with van der Waals surface area (Å²) in [4.78, 5) is 13.8. The largest absolute Gasteiger partial charge is 0.679 e. The van der Waals surface area contributed by atoms with Gasteiger partial charge in [-0.2, -0.15) is 0 Å². The van der Waals surface area contributed by atoms with E-state index in [1.165, 1.54) is 21.3 Å². The second kappa shape index (κ2) is 9.47. The van der Waals surface area contributed by atoms with E-state index in [-0.39, 0.29) is 6.61 Å². The molecule has 0 saturated heterocycles. The van der Waals surface area contributed by atoms with Crippen LogP contribution in [0.3, 0.4) is 0 Å². The van der Waals surface area contributed by atoms with Crippen molar-refractivity contribution in [2.45, 2.75) is 0 Å². The highest BCUT2D eigenvalue weighted by Crippen LogP contribution is 2.30. The van der Waals surface area contributed by atoms with Crippen LogP contribution < -0.4 is 0 Å². The lowest BCUT2D eigenvalue weighted by molar-refractivity contribution is -0.00941. The molecule has 0 bridgehead atoms. The molecule has 9 nitrogen and oxygen atoms in total. The highest BCUT2D eigenvalue weighted by molar-refractivity contribution is 6.53. The maximum atomic E-state index is 13.8. The number of halogens is 4. The lowest BCUT2D eigenvalue weighted by atomic mass is 10.1. The van der Waals surface area contributed by atoms with Gasteiger partial charge < -0.3 is 22.4 Å². The highest BCUT2D eigenvalue weighted by Gasteiger charge is 2.42. The van der Waals surface area contributed by atoms with Crippen LogP contribution in [0.2, 0.25) is 0 Å². The summed E-state index contributed by atoms with van der Waals surface area (Å²) in [7, 11) is 0.298. The summed E-state index contributed by atoms with van der Waals surface area (Å²) in [5, 5.41) is 2.50. The van der Waals surface area contributed by atoms with E-state index in [0.717, 1.165) is 0 Å². The number of ether oxygens (including phenoxy) is 1. The molecule has 1 rings (SSSR count). The van der Waals surface area contributed by atoms with Crippen molar-refractivity contribution in [2.75, 3.05) is 34.5 Å². The van der Waals surface area contributed by atoms with Gasteiger partial charge in [-0.3, -0.25) is 0 Å². The molecule has 26 heavy (non-hydrogen) atoms. The molecule has 144 valence electrons. The third-order valence-electron chi connectivity index (χ3n) is 2.93. The molecule has 0 aliphatic carbocycles. The Balaban J connectivity index is 2.91. The Labute approximate surface area is 145 Å². The third-order valence-corrected chi connectivity index (χ3v) is 4.99. The van der Waals surface area contributed by atoms with E-state index >= 15 is 0 Å². The molecule has 0 saturated carbocycles. The van der Waals surface area contributed by atoms with Crippen molar-refractivity contribution >= 4 is 20.7 Å². The Morgan fingerprint density at radius 3 is 1.92 bits per heavy atom. The molecule has 0 heterocycles. The Kier molecular flexibility index (Phi) is 7.95. The summed E-state index contributed by atoms with van der Waals surface area (Å²) < 4.78 is 79.1. The first-order chi connectivity index (χ1) is 12.3. The number of esters is 1. The topological polar surface area (TPSA) is 112 Å². The molecule has 0 atom stereocenters. The average molecular weight is 399 g/mol. The normalized spacial score (nSPS) is 11.2. The molecule has 0 radical (unpaired) electrons. The summed E-state index contributed by atoms with van der Waals surface area (Å²) in [5.41, 5.74) is 4.98. The minimum atomic E-state index is -3.43. The number of carbonyl (C=O) groups excluding carboxylic acids is 1. The smallest absolute Gasteiger partial charge is 0.460 e. The lowest BCUT2D eigenvalue weighted by Gasteiger charge is -2.22. The van der Waals surface area contributed by atoms with Gasteiger partial charge in [-0.1, -0.05) is 5.11 Å². The third kappa shape index (κ3) is 4.49. The van der Waals surface area contributed by atoms with Crippen molar-refractivity contribution in [3.8, 4) is 0 Å². The van der Waals surface area contributed by atoms with E-state index in [1.807, 2.05) is 4.91 Å².